The largest absolute Gasteiger partial charge is 0.353 e. The topological polar surface area (TPSA) is 47.6 Å². The summed E-state index contributed by atoms with van der Waals surface area (Å²) in [6.45, 7) is 6.53. The molecule has 0 aromatic carbocycles. The van der Waals surface area contributed by atoms with Gasteiger partial charge < -0.3 is 14.8 Å². The fourth-order valence-corrected chi connectivity index (χ4v) is 2.28. The summed E-state index contributed by atoms with van der Waals surface area (Å²) in [5.74, 6) is 0.460. The summed E-state index contributed by atoms with van der Waals surface area (Å²) in [5.41, 5.74) is 0. The molecule has 0 spiro atoms. The summed E-state index contributed by atoms with van der Waals surface area (Å²) < 4.78 is 11.2. The van der Waals surface area contributed by atoms with Gasteiger partial charge in [0.05, 0.1) is 0 Å². The Morgan fingerprint density at radius 3 is 2.87 bits per heavy atom. The van der Waals surface area contributed by atoms with E-state index in [1.807, 2.05) is 6.08 Å². The lowest BCUT2D eigenvalue weighted by Crippen LogP contribution is -2.25. The van der Waals surface area contributed by atoms with E-state index in [0.29, 0.717) is 5.92 Å². The highest BCUT2D eigenvalue weighted by Gasteiger charge is 2.13. The smallest absolute Gasteiger partial charge is 0.243 e. The average molecular weight is 323 g/mol. The van der Waals surface area contributed by atoms with E-state index in [-0.39, 0.29) is 12.2 Å². The molecular weight excluding hydrogens is 290 g/mol. The van der Waals surface area contributed by atoms with Crippen molar-refractivity contribution in [1.29, 1.82) is 0 Å². The number of allylic oxidation sites excluding steroid dienone is 3. The molecule has 1 saturated heterocycles. The zero-order valence-electron chi connectivity index (χ0n) is 14.8. The normalized spacial score (nSPS) is 19.0. The van der Waals surface area contributed by atoms with Crippen molar-refractivity contribution in [2.24, 2.45) is 5.92 Å². The molecule has 132 valence electrons. The van der Waals surface area contributed by atoms with E-state index in [2.05, 4.69) is 25.2 Å². The van der Waals surface area contributed by atoms with Crippen molar-refractivity contribution in [2.75, 3.05) is 19.8 Å². The summed E-state index contributed by atoms with van der Waals surface area (Å²) in [6, 6.07) is 0. The molecule has 0 bridgehead atoms. The van der Waals surface area contributed by atoms with Crippen molar-refractivity contribution >= 4 is 5.91 Å². The number of carbonyl (C=O) groups excluding carboxylic acids is 1. The van der Waals surface area contributed by atoms with Gasteiger partial charge in [0.1, 0.15) is 0 Å². The highest BCUT2D eigenvalue weighted by Crippen LogP contribution is 2.14. The third-order valence-corrected chi connectivity index (χ3v) is 3.64. The molecule has 1 fully saturated rings. The molecule has 4 nitrogen and oxygen atoms in total. The monoisotopic (exact) mass is 323 g/mol. The maximum Gasteiger partial charge on any atom is 0.243 e. The van der Waals surface area contributed by atoms with Gasteiger partial charge >= 0.3 is 0 Å². The lowest BCUT2D eigenvalue weighted by atomic mass is 10.2. The Bertz CT molecular complexity index is 358. The number of ether oxygens (including phenoxy) is 2. The van der Waals surface area contributed by atoms with Crippen molar-refractivity contribution in [3.63, 3.8) is 0 Å². The predicted octanol–water partition coefficient (Wildman–Crippen LogP) is 3.97. The van der Waals surface area contributed by atoms with Gasteiger partial charge in [-0.25, -0.2) is 0 Å². The summed E-state index contributed by atoms with van der Waals surface area (Å²) in [7, 11) is 0. The summed E-state index contributed by atoms with van der Waals surface area (Å²) >= 11 is 0. The van der Waals surface area contributed by atoms with E-state index < -0.39 is 0 Å². The van der Waals surface area contributed by atoms with Gasteiger partial charge in [0.2, 0.25) is 5.91 Å². The van der Waals surface area contributed by atoms with Crippen LogP contribution in [0.4, 0.5) is 0 Å². The standard InChI is InChI=1S/C19H33NO3/c1-17(2)16-20-18(21)12-8-6-4-3-5-7-10-14-22-19-13-9-11-15-23-19/h4,6,8,12,17,19H,3,5,7,9-11,13-16H2,1-2H3,(H,20,21)/b6-4+,12-8+. The molecular formula is C19H33NO3. The van der Waals surface area contributed by atoms with E-state index >= 15 is 0 Å². The average Bonchev–Trinajstić information content (AvgIpc) is 2.55. The molecule has 4 heteroatoms. The lowest BCUT2D eigenvalue weighted by Gasteiger charge is -2.22. The second kappa shape index (κ2) is 13.3. The zero-order chi connectivity index (χ0) is 16.8. The van der Waals surface area contributed by atoms with E-state index in [1.54, 1.807) is 12.2 Å². The molecule has 0 aliphatic carbocycles. The van der Waals surface area contributed by atoms with Crippen LogP contribution in [0.25, 0.3) is 0 Å². The molecule has 1 unspecified atom stereocenters. The second-order valence-electron chi connectivity index (χ2n) is 6.44. The van der Waals surface area contributed by atoms with Crippen LogP contribution < -0.4 is 5.32 Å². The number of hydrogen-bond acceptors (Lipinski definition) is 3. The van der Waals surface area contributed by atoms with E-state index in [1.165, 1.54) is 12.8 Å². The lowest BCUT2D eigenvalue weighted by molar-refractivity contribution is -0.162. The first kappa shape index (κ1) is 19.9. The molecule has 1 aliphatic heterocycles. The first-order valence-electron chi connectivity index (χ1n) is 9.02. The number of nitrogens with one attached hydrogen (secondary N) is 1. The zero-order valence-corrected chi connectivity index (χ0v) is 14.8. The number of hydrogen-bond donors (Lipinski definition) is 1. The van der Waals surface area contributed by atoms with Gasteiger partial charge in [-0.3, -0.25) is 4.79 Å². The van der Waals surface area contributed by atoms with Crippen LogP contribution in [-0.2, 0) is 14.3 Å². The quantitative estimate of drug-likeness (QED) is 0.355. The van der Waals surface area contributed by atoms with Crippen LogP contribution in [-0.4, -0.2) is 32.0 Å². The van der Waals surface area contributed by atoms with E-state index in [9.17, 15) is 4.79 Å². The minimum absolute atomic E-state index is 0.0227. The molecule has 1 amide bonds. The minimum atomic E-state index is -0.0227. The number of rotatable bonds is 11. The Balaban J connectivity index is 1.90. The molecule has 0 saturated carbocycles. The molecule has 1 heterocycles. The summed E-state index contributed by atoms with van der Waals surface area (Å²) in [5, 5.41) is 2.85. The Morgan fingerprint density at radius 2 is 2.13 bits per heavy atom. The maximum atomic E-state index is 11.4. The maximum absolute atomic E-state index is 11.4. The fraction of sp³-hybridized carbons (Fsp3) is 0.737. The SMILES string of the molecule is CC(C)CNC(=O)/C=C/C=C/CCCCCOC1CCCCO1. The molecule has 0 aromatic heterocycles. The summed E-state index contributed by atoms with van der Waals surface area (Å²) in [4.78, 5) is 11.4. The van der Waals surface area contributed by atoms with Gasteiger partial charge in [0.25, 0.3) is 0 Å². The van der Waals surface area contributed by atoms with Gasteiger partial charge in [-0.2, -0.15) is 0 Å². The van der Waals surface area contributed by atoms with Gasteiger partial charge in [0.15, 0.2) is 6.29 Å². The Kier molecular flexibility index (Phi) is 11.5. The number of unbranched alkanes of at least 4 members (excludes halogenated alkanes) is 3. The fourth-order valence-electron chi connectivity index (χ4n) is 2.28. The molecule has 0 aromatic rings. The molecule has 1 atom stereocenters. The van der Waals surface area contributed by atoms with Gasteiger partial charge in [-0.15, -0.1) is 0 Å². The van der Waals surface area contributed by atoms with Gasteiger partial charge in [-0.05, 0) is 44.4 Å². The van der Waals surface area contributed by atoms with Crippen molar-refractivity contribution in [3.8, 4) is 0 Å². The van der Waals surface area contributed by atoms with Crippen LogP contribution >= 0.6 is 0 Å². The van der Waals surface area contributed by atoms with Crippen LogP contribution in [0.2, 0.25) is 0 Å². The Labute approximate surface area is 141 Å². The van der Waals surface area contributed by atoms with Crippen molar-refractivity contribution in [2.45, 2.75) is 65.1 Å². The third-order valence-electron chi connectivity index (χ3n) is 3.64. The van der Waals surface area contributed by atoms with Crippen molar-refractivity contribution < 1.29 is 14.3 Å². The van der Waals surface area contributed by atoms with Crippen LogP contribution in [0.3, 0.4) is 0 Å². The third kappa shape index (κ3) is 12.0. The predicted molar refractivity (Wildman–Crippen MR) is 94.1 cm³/mol. The highest BCUT2D eigenvalue weighted by atomic mass is 16.7. The number of amides is 1. The molecule has 1 rings (SSSR count). The van der Waals surface area contributed by atoms with Crippen LogP contribution in [0.1, 0.15) is 58.8 Å². The minimum Gasteiger partial charge on any atom is -0.353 e. The van der Waals surface area contributed by atoms with Crippen molar-refractivity contribution in [1.82, 2.24) is 5.32 Å². The molecule has 1 aliphatic rings. The van der Waals surface area contributed by atoms with Crippen LogP contribution in [0.5, 0.6) is 0 Å². The van der Waals surface area contributed by atoms with Gasteiger partial charge in [-0.1, -0.05) is 38.5 Å². The van der Waals surface area contributed by atoms with Crippen LogP contribution in [0.15, 0.2) is 24.3 Å². The van der Waals surface area contributed by atoms with Crippen LogP contribution in [0, 0.1) is 5.92 Å². The Hall–Kier alpha value is -1.13. The van der Waals surface area contributed by atoms with E-state index in [4.69, 9.17) is 9.47 Å². The number of carbonyl (C=O) groups is 1. The van der Waals surface area contributed by atoms with E-state index in [0.717, 1.165) is 51.9 Å². The molecule has 1 N–H and O–H groups in total. The summed E-state index contributed by atoms with van der Waals surface area (Å²) in [6.07, 6.45) is 15.3. The Morgan fingerprint density at radius 1 is 1.26 bits per heavy atom. The molecule has 23 heavy (non-hydrogen) atoms. The molecule has 0 radical (unpaired) electrons. The first-order chi connectivity index (χ1) is 11.2. The van der Waals surface area contributed by atoms with Crippen molar-refractivity contribution in [3.05, 3.63) is 24.3 Å². The second-order valence-corrected chi connectivity index (χ2v) is 6.44. The highest BCUT2D eigenvalue weighted by molar-refractivity contribution is 5.87. The van der Waals surface area contributed by atoms with Gasteiger partial charge in [0, 0.05) is 25.8 Å². The first-order valence-corrected chi connectivity index (χ1v) is 9.02.